The third kappa shape index (κ3) is 2.66. The van der Waals surface area contributed by atoms with Gasteiger partial charge in [-0.1, -0.05) is 0 Å². The summed E-state index contributed by atoms with van der Waals surface area (Å²) in [5.74, 6) is 6.50. The summed E-state index contributed by atoms with van der Waals surface area (Å²) in [5, 5.41) is 4.33. The number of hydrazine groups is 1. The topological polar surface area (TPSA) is 78.0 Å². The number of hydrogen-bond acceptors (Lipinski definition) is 5. The zero-order valence-electron chi connectivity index (χ0n) is 12.3. The first-order chi connectivity index (χ1) is 9.60. The van der Waals surface area contributed by atoms with Crippen molar-refractivity contribution in [2.45, 2.75) is 33.4 Å². The molecule has 0 radical (unpaired) electrons. The van der Waals surface area contributed by atoms with Crippen LogP contribution < -0.4 is 16.0 Å². The molecule has 0 aromatic carbocycles. The van der Waals surface area contributed by atoms with Gasteiger partial charge >= 0.3 is 0 Å². The predicted octanol–water partition coefficient (Wildman–Crippen LogP) is 1.48. The number of methoxy groups -OCH3 is 1. The van der Waals surface area contributed by atoms with Crippen LogP contribution in [0.1, 0.15) is 35.6 Å². The lowest BCUT2D eigenvalue weighted by atomic mass is 10.0. The Kier molecular flexibility index (Phi) is 4.36. The fourth-order valence-corrected chi connectivity index (χ4v) is 2.44. The molecular formula is C14H21N5O. The zero-order chi connectivity index (χ0) is 14.7. The Labute approximate surface area is 118 Å². The van der Waals surface area contributed by atoms with Crippen LogP contribution in [0.25, 0.3) is 0 Å². The molecule has 0 aliphatic heterocycles. The van der Waals surface area contributed by atoms with E-state index in [4.69, 9.17) is 10.6 Å². The van der Waals surface area contributed by atoms with Crippen LogP contribution >= 0.6 is 0 Å². The fraction of sp³-hybridized carbons (Fsp3) is 0.429. The Morgan fingerprint density at radius 2 is 2.00 bits per heavy atom. The molecule has 1 atom stereocenters. The van der Waals surface area contributed by atoms with E-state index in [1.54, 1.807) is 13.3 Å². The van der Waals surface area contributed by atoms with Gasteiger partial charge in [0, 0.05) is 17.9 Å². The molecule has 2 aromatic rings. The average Bonchev–Trinajstić information content (AvgIpc) is 2.81. The molecule has 2 rings (SSSR count). The summed E-state index contributed by atoms with van der Waals surface area (Å²) in [7, 11) is 1.64. The number of aryl methyl sites for hydroxylation is 3. The van der Waals surface area contributed by atoms with Crippen LogP contribution in [0, 0.1) is 13.8 Å². The minimum Gasteiger partial charge on any atom is -0.493 e. The van der Waals surface area contributed by atoms with Gasteiger partial charge in [-0.05, 0) is 38.5 Å². The summed E-state index contributed by atoms with van der Waals surface area (Å²) in [6.45, 7) is 6.73. The molecule has 6 nitrogen and oxygen atoms in total. The molecule has 20 heavy (non-hydrogen) atoms. The molecule has 0 saturated heterocycles. The quantitative estimate of drug-likeness (QED) is 0.638. The molecule has 0 aliphatic carbocycles. The third-order valence-electron chi connectivity index (χ3n) is 3.24. The van der Waals surface area contributed by atoms with Crippen LogP contribution in [-0.4, -0.2) is 21.9 Å². The van der Waals surface area contributed by atoms with Crippen molar-refractivity contribution >= 4 is 0 Å². The Morgan fingerprint density at radius 3 is 2.50 bits per heavy atom. The van der Waals surface area contributed by atoms with E-state index in [1.165, 1.54) is 0 Å². The smallest absolute Gasteiger partial charge is 0.161 e. The van der Waals surface area contributed by atoms with Crippen LogP contribution in [-0.2, 0) is 6.54 Å². The maximum atomic E-state index is 5.78. The van der Waals surface area contributed by atoms with E-state index in [9.17, 15) is 0 Å². The van der Waals surface area contributed by atoms with Crippen molar-refractivity contribution in [2.75, 3.05) is 7.11 Å². The van der Waals surface area contributed by atoms with Gasteiger partial charge in [0.1, 0.15) is 5.69 Å². The maximum absolute atomic E-state index is 5.78. The molecule has 0 bridgehead atoms. The number of rotatable bonds is 5. The number of ether oxygens (including phenoxy) is 1. The number of hydrogen-bond donors (Lipinski definition) is 2. The molecular weight excluding hydrogens is 254 g/mol. The Hall–Kier alpha value is -1.92. The van der Waals surface area contributed by atoms with Crippen LogP contribution in [0.2, 0.25) is 0 Å². The Morgan fingerprint density at radius 1 is 1.35 bits per heavy atom. The number of nitrogens with zero attached hydrogens (tertiary/aromatic N) is 3. The lowest BCUT2D eigenvalue weighted by Gasteiger charge is -2.19. The van der Waals surface area contributed by atoms with E-state index in [-0.39, 0.29) is 6.04 Å². The first kappa shape index (κ1) is 14.5. The van der Waals surface area contributed by atoms with Crippen molar-refractivity contribution in [1.29, 1.82) is 0 Å². The summed E-state index contributed by atoms with van der Waals surface area (Å²) < 4.78 is 7.28. The van der Waals surface area contributed by atoms with E-state index in [2.05, 4.69) is 15.5 Å². The number of nitrogens with one attached hydrogen (secondary N) is 1. The highest BCUT2D eigenvalue weighted by atomic mass is 16.5. The second-order valence-corrected chi connectivity index (χ2v) is 4.70. The number of pyridine rings is 1. The minimum absolute atomic E-state index is 0.187. The highest BCUT2D eigenvalue weighted by Crippen LogP contribution is 2.30. The molecule has 0 fully saturated rings. The molecule has 108 valence electrons. The molecule has 0 aliphatic rings. The largest absolute Gasteiger partial charge is 0.493 e. The van der Waals surface area contributed by atoms with Gasteiger partial charge in [-0.3, -0.25) is 15.5 Å². The highest BCUT2D eigenvalue weighted by molar-refractivity contribution is 5.37. The molecule has 2 aromatic heterocycles. The monoisotopic (exact) mass is 275 g/mol. The van der Waals surface area contributed by atoms with E-state index in [0.717, 1.165) is 34.9 Å². The van der Waals surface area contributed by atoms with Crippen molar-refractivity contribution in [3.8, 4) is 5.75 Å². The van der Waals surface area contributed by atoms with Gasteiger partial charge in [0.05, 0.1) is 19.3 Å². The molecule has 6 heteroatoms. The van der Waals surface area contributed by atoms with Crippen molar-refractivity contribution < 1.29 is 4.74 Å². The molecule has 3 N–H and O–H groups in total. The van der Waals surface area contributed by atoms with E-state index in [1.807, 2.05) is 37.6 Å². The predicted molar refractivity (Wildman–Crippen MR) is 77.3 cm³/mol. The Balaban J connectivity index is 2.54. The molecule has 0 amide bonds. The van der Waals surface area contributed by atoms with Crippen molar-refractivity contribution in [1.82, 2.24) is 20.2 Å². The summed E-state index contributed by atoms with van der Waals surface area (Å²) in [4.78, 5) is 4.40. The van der Waals surface area contributed by atoms with Gasteiger partial charge in [-0.25, -0.2) is 5.43 Å². The normalized spacial score (nSPS) is 12.4. The van der Waals surface area contributed by atoms with Crippen LogP contribution in [0.15, 0.2) is 18.3 Å². The van der Waals surface area contributed by atoms with E-state index in [0.29, 0.717) is 0 Å². The van der Waals surface area contributed by atoms with Gasteiger partial charge < -0.3 is 4.74 Å². The summed E-state index contributed by atoms with van der Waals surface area (Å²) in [5.41, 5.74) is 6.74. The van der Waals surface area contributed by atoms with Gasteiger partial charge in [0.2, 0.25) is 0 Å². The summed E-state index contributed by atoms with van der Waals surface area (Å²) in [6.07, 6.45) is 1.71. The van der Waals surface area contributed by atoms with Crippen molar-refractivity contribution in [2.24, 2.45) is 5.84 Å². The van der Waals surface area contributed by atoms with Crippen LogP contribution in [0.3, 0.4) is 0 Å². The molecule has 0 saturated carbocycles. The second-order valence-electron chi connectivity index (χ2n) is 4.70. The van der Waals surface area contributed by atoms with Crippen LogP contribution in [0.4, 0.5) is 0 Å². The SMILES string of the molecule is CCn1ncc(OC)c1C(NN)c1cc(C)nc(C)c1. The molecule has 1 unspecified atom stereocenters. The van der Waals surface area contributed by atoms with E-state index >= 15 is 0 Å². The zero-order valence-corrected chi connectivity index (χ0v) is 12.3. The van der Waals surface area contributed by atoms with Gasteiger partial charge in [-0.15, -0.1) is 0 Å². The first-order valence-corrected chi connectivity index (χ1v) is 6.61. The lowest BCUT2D eigenvalue weighted by Crippen LogP contribution is -2.31. The minimum atomic E-state index is -0.187. The highest BCUT2D eigenvalue weighted by Gasteiger charge is 2.22. The van der Waals surface area contributed by atoms with Crippen molar-refractivity contribution in [3.63, 3.8) is 0 Å². The van der Waals surface area contributed by atoms with E-state index < -0.39 is 0 Å². The molecule has 0 spiro atoms. The first-order valence-electron chi connectivity index (χ1n) is 6.61. The Bertz CT molecular complexity index is 551. The standard InChI is InChI=1S/C14H21N5O/c1-5-19-14(12(20-4)8-16-19)13(18-15)11-6-9(2)17-10(3)7-11/h6-8,13,18H,5,15H2,1-4H3. The lowest BCUT2D eigenvalue weighted by molar-refractivity contribution is 0.399. The number of nitrogens with two attached hydrogens (primary N) is 1. The fourth-order valence-electron chi connectivity index (χ4n) is 2.44. The van der Waals surface area contributed by atoms with Gasteiger partial charge in [-0.2, -0.15) is 5.10 Å². The number of aromatic nitrogens is 3. The summed E-state index contributed by atoms with van der Waals surface area (Å²) >= 11 is 0. The van der Waals surface area contributed by atoms with Gasteiger partial charge in [0.25, 0.3) is 0 Å². The van der Waals surface area contributed by atoms with Crippen molar-refractivity contribution in [3.05, 3.63) is 41.0 Å². The van der Waals surface area contributed by atoms with Crippen LogP contribution in [0.5, 0.6) is 5.75 Å². The second kappa shape index (κ2) is 6.02. The maximum Gasteiger partial charge on any atom is 0.161 e. The molecule has 2 heterocycles. The van der Waals surface area contributed by atoms with Gasteiger partial charge in [0.15, 0.2) is 5.75 Å². The third-order valence-corrected chi connectivity index (χ3v) is 3.24. The average molecular weight is 275 g/mol. The summed E-state index contributed by atoms with van der Waals surface area (Å²) in [6, 6.07) is 3.85.